The van der Waals surface area contributed by atoms with Crippen LogP contribution in [0.3, 0.4) is 0 Å². The van der Waals surface area contributed by atoms with E-state index in [9.17, 15) is 21.6 Å². The predicted octanol–water partition coefficient (Wildman–Crippen LogP) is 3.42. The molecule has 176 valence electrons. The first-order chi connectivity index (χ1) is 15.5. The lowest BCUT2D eigenvalue weighted by Crippen LogP contribution is -2.39. The molecule has 1 fully saturated rings. The van der Waals surface area contributed by atoms with E-state index in [0.29, 0.717) is 39.9 Å². The van der Waals surface area contributed by atoms with Crippen molar-refractivity contribution >= 4 is 52.3 Å². The smallest absolute Gasteiger partial charge is 0.243 e. The van der Waals surface area contributed by atoms with Crippen LogP contribution in [0.2, 0.25) is 0 Å². The molecule has 1 aliphatic rings. The molecule has 0 radical (unpaired) electrons. The monoisotopic (exact) mass is 507 g/mol. The number of aromatic nitrogens is 1. The van der Waals surface area contributed by atoms with E-state index >= 15 is 0 Å². The topological polar surface area (TPSA) is 114 Å². The normalized spacial score (nSPS) is 17.8. The van der Waals surface area contributed by atoms with Crippen LogP contribution in [0.5, 0.6) is 0 Å². The molecular formula is C22H25N3O5S3. The number of ketones is 1. The summed E-state index contributed by atoms with van der Waals surface area (Å²) in [4.78, 5) is 17.5. The lowest BCUT2D eigenvalue weighted by Gasteiger charge is -2.30. The Bertz CT molecular complexity index is 1410. The molecule has 1 N–H and O–H groups in total. The molecule has 33 heavy (non-hydrogen) atoms. The van der Waals surface area contributed by atoms with Crippen molar-refractivity contribution in [3.8, 4) is 0 Å². The molecular weight excluding hydrogens is 482 g/mol. The molecule has 3 aromatic rings. The summed E-state index contributed by atoms with van der Waals surface area (Å²) in [6.07, 6.45) is 2.99. The van der Waals surface area contributed by atoms with Crippen molar-refractivity contribution < 1.29 is 21.6 Å². The molecule has 1 aliphatic heterocycles. The Morgan fingerprint density at radius 2 is 1.94 bits per heavy atom. The van der Waals surface area contributed by atoms with Crippen molar-refractivity contribution in [3.05, 3.63) is 48.0 Å². The number of thiazole rings is 1. The van der Waals surface area contributed by atoms with Crippen LogP contribution in [-0.4, -0.2) is 57.8 Å². The molecule has 0 saturated carbocycles. The SMILES string of the molecule is CC1CCCN(S(=O)(=O)c2cccc(C(=O)CNc3nc4ccc(S(C)(=O)=O)cc4s3)c2)C1. The van der Waals surface area contributed by atoms with E-state index in [2.05, 4.69) is 10.3 Å². The summed E-state index contributed by atoms with van der Waals surface area (Å²) in [5.74, 6) is 0.0417. The van der Waals surface area contributed by atoms with E-state index in [0.717, 1.165) is 19.1 Å². The van der Waals surface area contributed by atoms with Crippen LogP contribution in [-0.2, 0) is 19.9 Å². The number of benzene rings is 2. The summed E-state index contributed by atoms with van der Waals surface area (Å²) in [6, 6.07) is 10.8. The van der Waals surface area contributed by atoms with Crippen molar-refractivity contribution in [2.45, 2.75) is 29.6 Å². The number of sulfone groups is 1. The number of nitrogens with zero attached hydrogens (tertiary/aromatic N) is 2. The summed E-state index contributed by atoms with van der Waals surface area (Å²) in [7, 11) is -6.97. The molecule has 1 aromatic heterocycles. The van der Waals surface area contributed by atoms with Crippen LogP contribution in [0.1, 0.15) is 30.1 Å². The first-order valence-corrected chi connectivity index (χ1v) is 14.7. The Hall–Kier alpha value is -2.34. The quantitative estimate of drug-likeness (QED) is 0.488. The van der Waals surface area contributed by atoms with Crippen LogP contribution in [0.15, 0.2) is 52.3 Å². The minimum atomic E-state index is -3.65. The molecule has 0 spiro atoms. The minimum Gasteiger partial charge on any atom is -0.354 e. The second-order valence-electron chi connectivity index (χ2n) is 8.34. The maximum Gasteiger partial charge on any atom is 0.243 e. The van der Waals surface area contributed by atoms with Gasteiger partial charge in [0.2, 0.25) is 10.0 Å². The molecule has 4 rings (SSSR count). The number of nitrogens with one attached hydrogen (secondary N) is 1. The van der Waals surface area contributed by atoms with E-state index in [4.69, 9.17) is 0 Å². The summed E-state index contributed by atoms with van der Waals surface area (Å²) in [6.45, 7) is 2.95. The van der Waals surface area contributed by atoms with Gasteiger partial charge in [0.25, 0.3) is 0 Å². The fourth-order valence-corrected chi connectivity index (χ4v) is 7.08. The van der Waals surface area contributed by atoms with Crippen molar-refractivity contribution in [2.24, 2.45) is 5.92 Å². The number of carbonyl (C=O) groups excluding carboxylic acids is 1. The van der Waals surface area contributed by atoms with E-state index in [1.807, 2.05) is 6.92 Å². The van der Waals surface area contributed by atoms with Crippen LogP contribution in [0.4, 0.5) is 5.13 Å². The molecule has 8 nitrogen and oxygen atoms in total. The highest BCUT2D eigenvalue weighted by Crippen LogP contribution is 2.28. The van der Waals surface area contributed by atoms with E-state index in [1.54, 1.807) is 24.3 Å². The van der Waals surface area contributed by atoms with E-state index < -0.39 is 19.9 Å². The van der Waals surface area contributed by atoms with Crippen LogP contribution in [0, 0.1) is 5.92 Å². The maximum atomic E-state index is 13.0. The van der Waals surface area contributed by atoms with Gasteiger partial charge < -0.3 is 5.32 Å². The van der Waals surface area contributed by atoms with Crippen LogP contribution >= 0.6 is 11.3 Å². The van der Waals surface area contributed by atoms with Crippen LogP contribution < -0.4 is 5.32 Å². The lowest BCUT2D eigenvalue weighted by atomic mass is 10.0. The number of carbonyl (C=O) groups is 1. The molecule has 0 amide bonds. The molecule has 2 heterocycles. The maximum absolute atomic E-state index is 13.0. The second kappa shape index (κ2) is 9.13. The number of sulfonamides is 1. The summed E-state index contributed by atoms with van der Waals surface area (Å²) in [5.41, 5.74) is 0.931. The summed E-state index contributed by atoms with van der Waals surface area (Å²) >= 11 is 1.25. The minimum absolute atomic E-state index is 0.0665. The van der Waals surface area contributed by atoms with Gasteiger partial charge in [-0.15, -0.1) is 0 Å². The number of rotatable bonds is 7. The van der Waals surface area contributed by atoms with Gasteiger partial charge in [0, 0.05) is 24.9 Å². The number of hydrogen-bond donors (Lipinski definition) is 1. The number of fused-ring (bicyclic) bond motifs is 1. The molecule has 11 heteroatoms. The first kappa shape index (κ1) is 23.8. The molecule has 0 bridgehead atoms. The van der Waals surface area contributed by atoms with Crippen molar-refractivity contribution in [3.63, 3.8) is 0 Å². The lowest BCUT2D eigenvalue weighted by molar-refractivity contribution is 0.101. The number of Topliss-reactive ketones (excluding diaryl/α,β-unsaturated/α-hetero) is 1. The van der Waals surface area contributed by atoms with Gasteiger partial charge in [-0.05, 0) is 49.1 Å². The highest BCUT2D eigenvalue weighted by atomic mass is 32.2. The Balaban J connectivity index is 1.48. The van der Waals surface area contributed by atoms with Crippen LogP contribution in [0.25, 0.3) is 10.2 Å². The van der Waals surface area contributed by atoms with Gasteiger partial charge in [-0.1, -0.05) is 30.4 Å². The fourth-order valence-electron chi connectivity index (χ4n) is 3.81. The third-order valence-electron chi connectivity index (χ3n) is 5.60. The Labute approximate surface area is 197 Å². The third kappa shape index (κ3) is 5.26. The summed E-state index contributed by atoms with van der Waals surface area (Å²) in [5, 5.41) is 3.45. The molecule has 0 aliphatic carbocycles. The number of hydrogen-bond acceptors (Lipinski definition) is 8. The molecule has 1 unspecified atom stereocenters. The van der Waals surface area contributed by atoms with Gasteiger partial charge >= 0.3 is 0 Å². The number of anilines is 1. The van der Waals surface area contributed by atoms with Gasteiger partial charge in [0.15, 0.2) is 20.8 Å². The predicted molar refractivity (Wildman–Crippen MR) is 129 cm³/mol. The molecule has 1 atom stereocenters. The van der Waals surface area contributed by atoms with E-state index in [-0.39, 0.29) is 22.1 Å². The zero-order chi connectivity index (χ0) is 23.8. The zero-order valence-corrected chi connectivity index (χ0v) is 20.8. The Morgan fingerprint density at radius 3 is 2.67 bits per heavy atom. The van der Waals surface area contributed by atoms with Gasteiger partial charge in [-0.2, -0.15) is 4.31 Å². The fraction of sp³-hybridized carbons (Fsp3) is 0.364. The largest absolute Gasteiger partial charge is 0.354 e. The zero-order valence-electron chi connectivity index (χ0n) is 18.3. The summed E-state index contributed by atoms with van der Waals surface area (Å²) < 4.78 is 51.7. The Kier molecular flexibility index (Phi) is 6.59. The van der Waals surface area contributed by atoms with Gasteiger partial charge in [-0.25, -0.2) is 21.8 Å². The average Bonchev–Trinajstić information content (AvgIpc) is 3.19. The Morgan fingerprint density at radius 1 is 1.15 bits per heavy atom. The highest BCUT2D eigenvalue weighted by molar-refractivity contribution is 7.90. The highest BCUT2D eigenvalue weighted by Gasteiger charge is 2.29. The number of piperidine rings is 1. The third-order valence-corrected chi connectivity index (χ3v) is 9.55. The van der Waals surface area contributed by atoms with Gasteiger partial charge in [-0.3, -0.25) is 4.79 Å². The molecule has 2 aromatic carbocycles. The molecule has 1 saturated heterocycles. The standard InChI is InChI=1S/C22H25N3O5S3/c1-15-5-4-10-25(14-15)33(29,30)18-7-3-6-16(11-18)20(26)13-23-22-24-19-9-8-17(32(2,27)28)12-21(19)31-22/h3,6-9,11-12,15H,4-5,10,13-14H2,1-2H3,(H,23,24). The van der Waals surface area contributed by atoms with Gasteiger partial charge in [0.1, 0.15) is 0 Å². The second-order valence-corrected chi connectivity index (χ2v) is 13.3. The van der Waals surface area contributed by atoms with Gasteiger partial charge in [0.05, 0.1) is 26.6 Å². The average molecular weight is 508 g/mol. The van der Waals surface area contributed by atoms with Crippen molar-refractivity contribution in [2.75, 3.05) is 31.2 Å². The van der Waals surface area contributed by atoms with E-state index in [1.165, 1.54) is 33.8 Å². The van der Waals surface area contributed by atoms with Crippen molar-refractivity contribution in [1.82, 2.24) is 9.29 Å². The van der Waals surface area contributed by atoms with Crippen molar-refractivity contribution in [1.29, 1.82) is 0 Å². The first-order valence-electron chi connectivity index (χ1n) is 10.5.